The van der Waals surface area contributed by atoms with Crippen LogP contribution >= 0.6 is 11.6 Å². The number of rotatable bonds is 2. The molecule has 112 valence electrons. The normalized spacial score (nSPS) is 12.6. The molecule has 1 N–H and O–H groups in total. The SMILES string of the molecule is Cc1c(CCl)c(C(=O)O)cc(C(C)(C)C)c1C(C)(C)C. The van der Waals surface area contributed by atoms with Crippen LogP contribution in [-0.2, 0) is 16.7 Å². The van der Waals surface area contributed by atoms with Crippen LogP contribution in [-0.4, -0.2) is 11.1 Å². The van der Waals surface area contributed by atoms with E-state index in [1.165, 1.54) is 5.56 Å². The molecule has 0 radical (unpaired) electrons. The Bertz CT molecular complexity index is 531. The first-order chi connectivity index (χ1) is 8.91. The predicted molar refractivity (Wildman–Crippen MR) is 85.1 cm³/mol. The van der Waals surface area contributed by atoms with Gasteiger partial charge in [0.05, 0.1) is 5.56 Å². The summed E-state index contributed by atoms with van der Waals surface area (Å²) in [5, 5.41) is 9.45. The molecular weight excluding hydrogens is 272 g/mol. The van der Waals surface area contributed by atoms with Gasteiger partial charge in [0, 0.05) is 5.88 Å². The van der Waals surface area contributed by atoms with Gasteiger partial charge in [-0.1, -0.05) is 41.5 Å². The van der Waals surface area contributed by atoms with Gasteiger partial charge in [-0.2, -0.15) is 0 Å². The van der Waals surface area contributed by atoms with E-state index in [0.717, 1.165) is 16.7 Å². The molecule has 0 atom stereocenters. The van der Waals surface area contributed by atoms with E-state index in [-0.39, 0.29) is 16.7 Å². The van der Waals surface area contributed by atoms with E-state index < -0.39 is 5.97 Å². The number of aromatic carboxylic acids is 1. The molecule has 0 unspecified atom stereocenters. The summed E-state index contributed by atoms with van der Waals surface area (Å²) >= 11 is 6.01. The summed E-state index contributed by atoms with van der Waals surface area (Å²) in [5.74, 6) is -0.684. The molecule has 0 fully saturated rings. The highest BCUT2D eigenvalue weighted by Gasteiger charge is 2.30. The fourth-order valence-corrected chi connectivity index (χ4v) is 3.12. The molecule has 0 aliphatic heterocycles. The van der Waals surface area contributed by atoms with Crippen molar-refractivity contribution in [3.63, 3.8) is 0 Å². The highest BCUT2D eigenvalue weighted by Crippen LogP contribution is 2.39. The molecule has 1 aromatic rings. The van der Waals surface area contributed by atoms with Crippen LogP contribution in [0.25, 0.3) is 0 Å². The molecule has 2 nitrogen and oxygen atoms in total. The number of hydrogen-bond acceptors (Lipinski definition) is 1. The van der Waals surface area contributed by atoms with E-state index in [1.807, 2.05) is 13.0 Å². The Morgan fingerprint density at radius 2 is 1.65 bits per heavy atom. The summed E-state index contributed by atoms with van der Waals surface area (Å²) in [6.07, 6.45) is 0. The first-order valence-electron chi connectivity index (χ1n) is 6.88. The summed E-state index contributed by atoms with van der Waals surface area (Å²) in [4.78, 5) is 11.5. The summed E-state index contributed by atoms with van der Waals surface area (Å²) in [5.41, 5.74) is 4.22. The van der Waals surface area contributed by atoms with E-state index in [2.05, 4.69) is 41.5 Å². The Balaban J connectivity index is 3.88. The highest BCUT2D eigenvalue weighted by molar-refractivity contribution is 6.17. The lowest BCUT2D eigenvalue weighted by Gasteiger charge is -2.33. The zero-order valence-electron chi connectivity index (χ0n) is 13.5. The molecule has 1 rings (SSSR count). The number of benzene rings is 1. The quantitative estimate of drug-likeness (QED) is 0.777. The Kier molecular flexibility index (Phi) is 4.60. The zero-order chi connectivity index (χ0) is 15.9. The predicted octanol–water partition coefficient (Wildman–Crippen LogP) is 5.03. The van der Waals surface area contributed by atoms with E-state index in [0.29, 0.717) is 5.56 Å². The average Bonchev–Trinajstić information content (AvgIpc) is 2.24. The maximum Gasteiger partial charge on any atom is 0.336 e. The molecule has 20 heavy (non-hydrogen) atoms. The maximum absolute atomic E-state index is 11.5. The minimum absolute atomic E-state index is 0.0511. The summed E-state index contributed by atoms with van der Waals surface area (Å²) in [7, 11) is 0. The van der Waals surface area contributed by atoms with Crippen LogP contribution in [0.3, 0.4) is 0 Å². The van der Waals surface area contributed by atoms with Crippen molar-refractivity contribution in [1.29, 1.82) is 0 Å². The second kappa shape index (κ2) is 5.40. The van der Waals surface area contributed by atoms with E-state index >= 15 is 0 Å². The average molecular weight is 297 g/mol. The number of carboxylic acid groups (broad SMARTS) is 1. The lowest BCUT2D eigenvalue weighted by atomic mass is 9.71. The molecule has 0 spiro atoms. The van der Waals surface area contributed by atoms with Crippen LogP contribution in [0.5, 0.6) is 0 Å². The Morgan fingerprint density at radius 1 is 1.15 bits per heavy atom. The van der Waals surface area contributed by atoms with Crippen LogP contribution in [0, 0.1) is 6.92 Å². The molecular formula is C17H25ClO2. The summed E-state index contributed by atoms with van der Waals surface area (Å²) in [6, 6.07) is 1.81. The minimum atomic E-state index is -0.908. The van der Waals surface area contributed by atoms with Crippen LogP contribution in [0.15, 0.2) is 6.07 Å². The number of halogens is 1. The number of carbonyl (C=O) groups is 1. The van der Waals surface area contributed by atoms with Crippen molar-refractivity contribution >= 4 is 17.6 Å². The molecule has 1 aromatic carbocycles. The number of hydrogen-bond donors (Lipinski definition) is 1. The van der Waals surface area contributed by atoms with Gasteiger partial charge in [0.2, 0.25) is 0 Å². The van der Waals surface area contributed by atoms with E-state index in [9.17, 15) is 9.90 Å². The van der Waals surface area contributed by atoms with Gasteiger partial charge in [-0.25, -0.2) is 4.79 Å². The highest BCUT2D eigenvalue weighted by atomic mass is 35.5. The van der Waals surface area contributed by atoms with Crippen LogP contribution in [0.4, 0.5) is 0 Å². The molecule has 0 bridgehead atoms. The second-order valence-corrected chi connectivity index (χ2v) is 7.66. The van der Waals surface area contributed by atoms with Crippen LogP contribution in [0.1, 0.15) is 74.2 Å². The fourth-order valence-electron chi connectivity index (χ4n) is 2.78. The Hall–Kier alpha value is -1.02. The minimum Gasteiger partial charge on any atom is -0.478 e. The van der Waals surface area contributed by atoms with Gasteiger partial charge < -0.3 is 5.11 Å². The molecule has 0 saturated heterocycles. The summed E-state index contributed by atoms with van der Waals surface area (Å²) < 4.78 is 0. The van der Waals surface area contributed by atoms with Crippen molar-refractivity contribution in [2.75, 3.05) is 0 Å². The third-order valence-corrected chi connectivity index (χ3v) is 3.90. The third kappa shape index (κ3) is 3.17. The van der Waals surface area contributed by atoms with Gasteiger partial charge in [-0.05, 0) is 46.1 Å². The van der Waals surface area contributed by atoms with Crippen molar-refractivity contribution in [3.8, 4) is 0 Å². The van der Waals surface area contributed by atoms with E-state index in [4.69, 9.17) is 11.6 Å². The fraction of sp³-hybridized carbons (Fsp3) is 0.588. The zero-order valence-corrected chi connectivity index (χ0v) is 14.3. The van der Waals surface area contributed by atoms with E-state index in [1.54, 1.807) is 0 Å². The number of alkyl halides is 1. The van der Waals surface area contributed by atoms with Crippen LogP contribution < -0.4 is 0 Å². The summed E-state index contributed by atoms with van der Waals surface area (Å²) in [6.45, 7) is 14.8. The van der Waals surface area contributed by atoms with Gasteiger partial charge in [0.15, 0.2) is 0 Å². The van der Waals surface area contributed by atoms with Crippen molar-refractivity contribution in [2.24, 2.45) is 0 Å². The lowest BCUT2D eigenvalue weighted by Crippen LogP contribution is -2.25. The Morgan fingerprint density at radius 3 is 1.95 bits per heavy atom. The molecule has 3 heteroatoms. The Labute approximate surface area is 127 Å². The smallest absolute Gasteiger partial charge is 0.336 e. The first-order valence-corrected chi connectivity index (χ1v) is 7.41. The maximum atomic E-state index is 11.5. The molecule has 0 saturated carbocycles. The third-order valence-electron chi connectivity index (χ3n) is 3.63. The van der Waals surface area contributed by atoms with Crippen LogP contribution in [0.2, 0.25) is 0 Å². The number of carboxylic acids is 1. The van der Waals surface area contributed by atoms with Gasteiger partial charge in [-0.3, -0.25) is 0 Å². The van der Waals surface area contributed by atoms with Crippen molar-refractivity contribution in [1.82, 2.24) is 0 Å². The lowest BCUT2D eigenvalue weighted by molar-refractivity contribution is 0.0695. The second-order valence-electron chi connectivity index (χ2n) is 7.39. The molecule has 0 aliphatic carbocycles. The van der Waals surface area contributed by atoms with Gasteiger partial charge in [0.25, 0.3) is 0 Å². The van der Waals surface area contributed by atoms with Crippen molar-refractivity contribution in [2.45, 2.75) is 65.2 Å². The monoisotopic (exact) mass is 296 g/mol. The topological polar surface area (TPSA) is 37.3 Å². The molecule has 0 heterocycles. The van der Waals surface area contributed by atoms with Crippen molar-refractivity contribution in [3.05, 3.63) is 33.9 Å². The molecule has 0 aliphatic rings. The van der Waals surface area contributed by atoms with Gasteiger partial charge in [-0.15, -0.1) is 11.6 Å². The largest absolute Gasteiger partial charge is 0.478 e. The first kappa shape index (κ1) is 17.0. The standard InChI is InChI=1S/C17H25ClO2/c1-10-12(9-18)11(15(19)20)8-13(16(2,3)4)14(10)17(5,6)7/h8H,9H2,1-7H3,(H,19,20). The van der Waals surface area contributed by atoms with Gasteiger partial charge >= 0.3 is 5.97 Å². The van der Waals surface area contributed by atoms with Crippen molar-refractivity contribution < 1.29 is 9.90 Å². The molecule has 0 amide bonds. The molecule has 0 aromatic heterocycles. The van der Waals surface area contributed by atoms with Gasteiger partial charge in [0.1, 0.15) is 0 Å².